The molecule has 0 aromatic heterocycles. The van der Waals surface area contributed by atoms with Crippen molar-refractivity contribution in [1.82, 2.24) is 0 Å². The number of aryl methyl sites for hydroxylation is 1. The second kappa shape index (κ2) is 5.25. The number of hydrogen-bond donors (Lipinski definition) is 0. The highest BCUT2D eigenvalue weighted by atomic mass is 16.6. The number of carbonyl (C=O) groups is 1. The van der Waals surface area contributed by atoms with Gasteiger partial charge in [0.05, 0.1) is 5.56 Å². The summed E-state index contributed by atoms with van der Waals surface area (Å²) in [6.45, 7) is 3.00. The van der Waals surface area contributed by atoms with Crippen molar-refractivity contribution in [2.75, 3.05) is 13.2 Å². The third kappa shape index (κ3) is 2.59. The Morgan fingerprint density at radius 2 is 1.70 bits per heavy atom. The predicted octanol–water partition coefficient (Wildman–Crippen LogP) is 2.99. The smallest absolute Gasteiger partial charge is 0.343 e. The first kappa shape index (κ1) is 12.5. The standard InChI is InChI=1S/C16H14O4/c1-11-2-5-13(6-3-11)20-16(17)12-4-7-14-15(10-12)19-9-8-18-14/h2-7,10H,8-9H2,1H3. The molecule has 0 atom stereocenters. The van der Waals surface area contributed by atoms with E-state index in [4.69, 9.17) is 14.2 Å². The van der Waals surface area contributed by atoms with Gasteiger partial charge < -0.3 is 14.2 Å². The first-order valence-electron chi connectivity index (χ1n) is 6.41. The summed E-state index contributed by atoms with van der Waals surface area (Å²) in [6, 6.07) is 12.4. The fourth-order valence-electron chi connectivity index (χ4n) is 1.94. The zero-order chi connectivity index (χ0) is 13.9. The fourth-order valence-corrected chi connectivity index (χ4v) is 1.94. The van der Waals surface area contributed by atoms with E-state index in [0.717, 1.165) is 5.56 Å². The molecular formula is C16H14O4. The largest absolute Gasteiger partial charge is 0.486 e. The Labute approximate surface area is 116 Å². The number of hydrogen-bond acceptors (Lipinski definition) is 4. The maximum atomic E-state index is 12.1. The van der Waals surface area contributed by atoms with E-state index in [9.17, 15) is 4.79 Å². The van der Waals surface area contributed by atoms with Gasteiger partial charge in [-0.2, -0.15) is 0 Å². The van der Waals surface area contributed by atoms with Gasteiger partial charge in [-0.25, -0.2) is 4.79 Å². The quantitative estimate of drug-likeness (QED) is 0.621. The topological polar surface area (TPSA) is 44.8 Å². The maximum absolute atomic E-state index is 12.1. The van der Waals surface area contributed by atoms with Crippen molar-refractivity contribution < 1.29 is 19.0 Å². The lowest BCUT2D eigenvalue weighted by atomic mass is 10.2. The van der Waals surface area contributed by atoms with Crippen molar-refractivity contribution in [3.63, 3.8) is 0 Å². The van der Waals surface area contributed by atoms with Gasteiger partial charge in [-0.05, 0) is 37.3 Å². The number of carbonyl (C=O) groups excluding carboxylic acids is 1. The number of rotatable bonds is 2. The van der Waals surface area contributed by atoms with Gasteiger partial charge in [-0.1, -0.05) is 17.7 Å². The van der Waals surface area contributed by atoms with E-state index in [1.54, 1.807) is 30.3 Å². The first-order valence-corrected chi connectivity index (χ1v) is 6.41. The number of ether oxygens (including phenoxy) is 3. The van der Waals surface area contributed by atoms with E-state index < -0.39 is 5.97 Å². The number of benzene rings is 2. The van der Waals surface area contributed by atoms with Crippen LogP contribution in [0.4, 0.5) is 0 Å². The number of fused-ring (bicyclic) bond motifs is 1. The molecule has 0 saturated carbocycles. The average molecular weight is 270 g/mol. The minimum absolute atomic E-state index is 0.411. The van der Waals surface area contributed by atoms with Crippen molar-refractivity contribution >= 4 is 5.97 Å². The highest BCUT2D eigenvalue weighted by Gasteiger charge is 2.16. The van der Waals surface area contributed by atoms with Crippen LogP contribution >= 0.6 is 0 Å². The van der Waals surface area contributed by atoms with Crippen LogP contribution in [-0.4, -0.2) is 19.2 Å². The van der Waals surface area contributed by atoms with Crippen molar-refractivity contribution in [3.8, 4) is 17.2 Å². The zero-order valence-electron chi connectivity index (χ0n) is 11.1. The van der Waals surface area contributed by atoms with Crippen LogP contribution in [0.2, 0.25) is 0 Å². The van der Waals surface area contributed by atoms with Crippen LogP contribution in [0.1, 0.15) is 15.9 Å². The summed E-state index contributed by atoms with van der Waals surface area (Å²) in [7, 11) is 0. The molecule has 2 aromatic rings. The summed E-state index contributed by atoms with van der Waals surface area (Å²) in [5.41, 5.74) is 1.55. The van der Waals surface area contributed by atoms with Gasteiger partial charge in [0.1, 0.15) is 19.0 Å². The van der Waals surface area contributed by atoms with Gasteiger partial charge in [0.15, 0.2) is 11.5 Å². The van der Waals surface area contributed by atoms with E-state index in [1.165, 1.54) is 0 Å². The van der Waals surface area contributed by atoms with Gasteiger partial charge in [0, 0.05) is 0 Å². The third-order valence-corrected chi connectivity index (χ3v) is 3.01. The van der Waals surface area contributed by atoms with Gasteiger partial charge in [0.2, 0.25) is 0 Å². The molecule has 0 aliphatic carbocycles. The highest BCUT2D eigenvalue weighted by molar-refractivity contribution is 5.91. The molecule has 1 aliphatic heterocycles. The molecule has 4 heteroatoms. The predicted molar refractivity (Wildman–Crippen MR) is 73.6 cm³/mol. The second-order valence-corrected chi connectivity index (χ2v) is 4.56. The summed E-state index contributed by atoms with van der Waals surface area (Å²) in [6.07, 6.45) is 0. The molecular weight excluding hydrogens is 256 g/mol. The molecule has 1 aliphatic rings. The Bertz CT molecular complexity index is 631. The van der Waals surface area contributed by atoms with Crippen molar-refractivity contribution in [3.05, 3.63) is 53.6 Å². The van der Waals surface area contributed by atoms with E-state index in [2.05, 4.69) is 0 Å². The SMILES string of the molecule is Cc1ccc(OC(=O)c2ccc3c(c2)OCCO3)cc1. The van der Waals surface area contributed by atoms with Gasteiger partial charge >= 0.3 is 5.97 Å². The molecule has 20 heavy (non-hydrogen) atoms. The fraction of sp³-hybridized carbons (Fsp3) is 0.188. The van der Waals surface area contributed by atoms with Crippen molar-refractivity contribution in [2.24, 2.45) is 0 Å². The van der Waals surface area contributed by atoms with Gasteiger partial charge in [-0.3, -0.25) is 0 Å². The summed E-state index contributed by atoms with van der Waals surface area (Å²) in [5, 5.41) is 0. The molecule has 0 amide bonds. The number of esters is 1. The second-order valence-electron chi connectivity index (χ2n) is 4.56. The van der Waals surface area contributed by atoms with Gasteiger partial charge in [-0.15, -0.1) is 0 Å². The van der Waals surface area contributed by atoms with E-state index >= 15 is 0 Å². The molecule has 0 radical (unpaired) electrons. The zero-order valence-corrected chi connectivity index (χ0v) is 11.1. The van der Waals surface area contributed by atoms with E-state index in [-0.39, 0.29) is 0 Å². The molecule has 4 nitrogen and oxygen atoms in total. The van der Waals surface area contributed by atoms with Crippen LogP contribution in [0.25, 0.3) is 0 Å². The lowest BCUT2D eigenvalue weighted by Crippen LogP contribution is -2.16. The van der Waals surface area contributed by atoms with Crippen LogP contribution in [0.3, 0.4) is 0 Å². The normalized spacial score (nSPS) is 12.8. The van der Waals surface area contributed by atoms with E-state index in [1.807, 2.05) is 19.1 Å². The van der Waals surface area contributed by atoms with E-state index in [0.29, 0.717) is 36.0 Å². The molecule has 0 bridgehead atoms. The monoisotopic (exact) mass is 270 g/mol. The Balaban J connectivity index is 1.78. The highest BCUT2D eigenvalue weighted by Crippen LogP contribution is 2.31. The van der Waals surface area contributed by atoms with Crippen LogP contribution in [0, 0.1) is 6.92 Å². The van der Waals surface area contributed by atoms with Crippen LogP contribution in [0.15, 0.2) is 42.5 Å². The summed E-state index contributed by atoms with van der Waals surface area (Å²) < 4.78 is 16.2. The average Bonchev–Trinajstić information content (AvgIpc) is 2.49. The summed E-state index contributed by atoms with van der Waals surface area (Å²) in [4.78, 5) is 12.1. The van der Waals surface area contributed by atoms with Crippen molar-refractivity contribution in [2.45, 2.75) is 6.92 Å². The minimum Gasteiger partial charge on any atom is -0.486 e. The molecule has 0 unspecified atom stereocenters. The summed E-state index contributed by atoms with van der Waals surface area (Å²) in [5.74, 6) is 1.35. The van der Waals surface area contributed by atoms with Crippen LogP contribution < -0.4 is 14.2 Å². The first-order chi connectivity index (χ1) is 9.72. The van der Waals surface area contributed by atoms with Crippen LogP contribution in [0.5, 0.6) is 17.2 Å². The molecule has 0 N–H and O–H groups in total. The lowest BCUT2D eigenvalue weighted by Gasteiger charge is -2.18. The molecule has 2 aromatic carbocycles. The lowest BCUT2D eigenvalue weighted by molar-refractivity contribution is 0.0733. The molecule has 0 saturated heterocycles. The molecule has 102 valence electrons. The molecule has 1 heterocycles. The Hall–Kier alpha value is -2.49. The molecule has 0 fully saturated rings. The Morgan fingerprint density at radius 1 is 1.00 bits per heavy atom. The maximum Gasteiger partial charge on any atom is 0.343 e. The van der Waals surface area contributed by atoms with Crippen molar-refractivity contribution in [1.29, 1.82) is 0 Å². The summed E-state index contributed by atoms with van der Waals surface area (Å²) >= 11 is 0. The third-order valence-electron chi connectivity index (χ3n) is 3.01. The molecule has 3 rings (SSSR count). The van der Waals surface area contributed by atoms with Gasteiger partial charge in [0.25, 0.3) is 0 Å². The Kier molecular flexibility index (Phi) is 3.29. The minimum atomic E-state index is -0.411. The van der Waals surface area contributed by atoms with Crippen LogP contribution in [-0.2, 0) is 0 Å². The molecule has 0 spiro atoms. The Morgan fingerprint density at radius 3 is 2.45 bits per heavy atom.